The first-order valence-electron chi connectivity index (χ1n) is 6.04. The van der Waals surface area contributed by atoms with E-state index in [0.717, 1.165) is 25.9 Å². The van der Waals surface area contributed by atoms with E-state index >= 15 is 0 Å². The van der Waals surface area contributed by atoms with Crippen LogP contribution < -0.4 is 11.1 Å². The van der Waals surface area contributed by atoms with Gasteiger partial charge in [-0.1, -0.05) is 11.6 Å². The van der Waals surface area contributed by atoms with E-state index in [-0.39, 0.29) is 10.4 Å². The molecule has 3 nitrogen and oxygen atoms in total. The summed E-state index contributed by atoms with van der Waals surface area (Å²) in [5.41, 5.74) is 6.69. The molecule has 0 spiro atoms. The summed E-state index contributed by atoms with van der Waals surface area (Å²) in [7, 11) is 1.69. The van der Waals surface area contributed by atoms with Gasteiger partial charge >= 0.3 is 0 Å². The first-order chi connectivity index (χ1) is 8.58. The Balaban J connectivity index is 2.00. The number of ether oxygens (including phenoxy) is 1. The van der Waals surface area contributed by atoms with E-state index in [9.17, 15) is 4.39 Å². The molecule has 0 aliphatic heterocycles. The highest BCUT2D eigenvalue weighted by Crippen LogP contribution is 2.49. The molecule has 0 radical (unpaired) electrons. The highest BCUT2D eigenvalue weighted by atomic mass is 35.5. The number of hydrogen-bond donors (Lipinski definition) is 2. The maximum atomic E-state index is 13.8. The molecule has 0 unspecified atom stereocenters. The summed E-state index contributed by atoms with van der Waals surface area (Å²) in [6.45, 7) is 1.44. The van der Waals surface area contributed by atoms with Gasteiger partial charge in [0.2, 0.25) is 0 Å². The van der Waals surface area contributed by atoms with E-state index in [0.29, 0.717) is 17.9 Å². The third-order valence-corrected chi connectivity index (χ3v) is 3.85. The van der Waals surface area contributed by atoms with Crippen LogP contribution in [0.3, 0.4) is 0 Å². The molecule has 1 aromatic carbocycles. The fraction of sp³-hybridized carbons (Fsp3) is 0.538. The van der Waals surface area contributed by atoms with Crippen LogP contribution in [0.25, 0.3) is 0 Å². The Bertz CT molecular complexity index is 435. The largest absolute Gasteiger partial charge is 0.397 e. The van der Waals surface area contributed by atoms with Crippen molar-refractivity contribution in [3.8, 4) is 0 Å². The van der Waals surface area contributed by atoms with E-state index in [1.54, 1.807) is 13.2 Å². The molecule has 5 heteroatoms. The molecule has 1 aromatic rings. The Hall–Kier alpha value is -1.000. The zero-order valence-electron chi connectivity index (χ0n) is 10.4. The van der Waals surface area contributed by atoms with E-state index < -0.39 is 5.82 Å². The maximum absolute atomic E-state index is 13.8. The van der Waals surface area contributed by atoms with E-state index in [1.165, 1.54) is 6.07 Å². The van der Waals surface area contributed by atoms with Crippen LogP contribution in [0.4, 0.5) is 15.8 Å². The van der Waals surface area contributed by atoms with Crippen LogP contribution in [0, 0.1) is 11.2 Å². The number of halogens is 2. The lowest BCUT2D eigenvalue weighted by Gasteiger charge is -2.18. The van der Waals surface area contributed by atoms with Gasteiger partial charge in [0, 0.05) is 20.3 Å². The van der Waals surface area contributed by atoms with Crippen molar-refractivity contribution in [1.82, 2.24) is 0 Å². The Morgan fingerprint density at radius 3 is 2.83 bits per heavy atom. The van der Waals surface area contributed by atoms with Gasteiger partial charge in [-0.25, -0.2) is 4.39 Å². The molecule has 0 aromatic heterocycles. The smallest absolute Gasteiger partial charge is 0.166 e. The normalized spacial score (nSPS) is 16.6. The second kappa shape index (κ2) is 5.33. The minimum atomic E-state index is -0.473. The van der Waals surface area contributed by atoms with Crippen molar-refractivity contribution in [3.05, 3.63) is 23.0 Å². The van der Waals surface area contributed by atoms with Gasteiger partial charge in [0.15, 0.2) is 5.82 Å². The molecular weight excluding hydrogens is 255 g/mol. The van der Waals surface area contributed by atoms with Crippen molar-refractivity contribution < 1.29 is 9.13 Å². The average molecular weight is 273 g/mol. The van der Waals surface area contributed by atoms with Crippen molar-refractivity contribution in [1.29, 1.82) is 0 Å². The minimum absolute atomic E-state index is 0.0911. The van der Waals surface area contributed by atoms with E-state index in [1.807, 2.05) is 0 Å². The number of hydrogen-bond acceptors (Lipinski definition) is 3. The Morgan fingerprint density at radius 2 is 2.22 bits per heavy atom. The van der Waals surface area contributed by atoms with Gasteiger partial charge in [0.25, 0.3) is 0 Å². The SMILES string of the molecule is COCCC1(CNc2c(N)ccc(Cl)c2F)CC1. The van der Waals surface area contributed by atoms with Crippen molar-refractivity contribution >= 4 is 23.0 Å². The predicted molar refractivity (Wildman–Crippen MR) is 72.5 cm³/mol. The Kier molecular flexibility index (Phi) is 3.97. The fourth-order valence-electron chi connectivity index (χ4n) is 2.03. The summed E-state index contributed by atoms with van der Waals surface area (Å²) in [6.07, 6.45) is 3.27. The molecule has 100 valence electrons. The van der Waals surface area contributed by atoms with Crippen molar-refractivity contribution in [2.24, 2.45) is 5.41 Å². The van der Waals surface area contributed by atoms with E-state index in [2.05, 4.69) is 5.32 Å². The number of benzene rings is 1. The van der Waals surface area contributed by atoms with Crippen LogP contribution in [0.15, 0.2) is 12.1 Å². The number of methoxy groups -OCH3 is 1. The molecule has 0 bridgehead atoms. The number of nitrogens with one attached hydrogen (secondary N) is 1. The summed E-state index contributed by atoms with van der Waals surface area (Å²) in [5.74, 6) is -0.473. The molecule has 1 saturated carbocycles. The second-order valence-electron chi connectivity index (χ2n) is 4.92. The lowest BCUT2D eigenvalue weighted by Crippen LogP contribution is -2.18. The molecule has 1 aliphatic rings. The molecule has 2 rings (SSSR count). The summed E-state index contributed by atoms with van der Waals surface area (Å²) in [4.78, 5) is 0. The van der Waals surface area contributed by atoms with Crippen LogP contribution in [0.2, 0.25) is 5.02 Å². The standard InChI is InChI=1S/C13H18ClFN2O/c1-18-7-6-13(4-5-13)8-17-12-10(16)3-2-9(14)11(12)15/h2-3,17H,4-8,16H2,1H3. The molecule has 1 aliphatic carbocycles. The summed E-state index contributed by atoms with van der Waals surface area (Å²) >= 11 is 5.74. The van der Waals surface area contributed by atoms with Crippen LogP contribution in [0.5, 0.6) is 0 Å². The number of nitrogens with two attached hydrogens (primary N) is 1. The number of rotatable bonds is 6. The zero-order valence-corrected chi connectivity index (χ0v) is 11.2. The van der Waals surface area contributed by atoms with E-state index in [4.69, 9.17) is 22.1 Å². The summed E-state index contributed by atoms with van der Waals surface area (Å²) in [5, 5.41) is 3.18. The predicted octanol–water partition coefficient (Wildman–Crippen LogP) is 3.29. The molecular formula is C13H18ClFN2O. The lowest BCUT2D eigenvalue weighted by molar-refractivity contribution is 0.175. The van der Waals surface area contributed by atoms with Crippen LogP contribution in [-0.4, -0.2) is 20.3 Å². The molecule has 0 heterocycles. The van der Waals surface area contributed by atoms with Crippen LogP contribution >= 0.6 is 11.6 Å². The van der Waals surface area contributed by atoms with Crippen LogP contribution in [0.1, 0.15) is 19.3 Å². The van der Waals surface area contributed by atoms with Gasteiger partial charge in [-0.2, -0.15) is 0 Å². The average Bonchev–Trinajstić information content (AvgIpc) is 3.12. The zero-order chi connectivity index (χ0) is 13.2. The monoisotopic (exact) mass is 272 g/mol. The Morgan fingerprint density at radius 1 is 1.50 bits per heavy atom. The van der Waals surface area contributed by atoms with Crippen molar-refractivity contribution in [3.63, 3.8) is 0 Å². The van der Waals surface area contributed by atoms with Gasteiger partial charge in [0.1, 0.15) is 0 Å². The highest BCUT2D eigenvalue weighted by Gasteiger charge is 2.41. The minimum Gasteiger partial charge on any atom is -0.397 e. The second-order valence-corrected chi connectivity index (χ2v) is 5.33. The topological polar surface area (TPSA) is 47.3 Å². The molecule has 0 atom stereocenters. The molecule has 1 fully saturated rings. The van der Waals surface area contributed by atoms with Crippen molar-refractivity contribution in [2.75, 3.05) is 31.3 Å². The number of nitrogen functional groups attached to an aromatic ring is 1. The lowest BCUT2D eigenvalue weighted by atomic mass is 10.0. The van der Waals surface area contributed by atoms with Gasteiger partial charge in [-0.3, -0.25) is 0 Å². The molecule has 18 heavy (non-hydrogen) atoms. The molecule has 0 saturated heterocycles. The maximum Gasteiger partial charge on any atom is 0.166 e. The van der Waals surface area contributed by atoms with Gasteiger partial charge in [0.05, 0.1) is 16.4 Å². The van der Waals surface area contributed by atoms with Gasteiger partial charge in [-0.15, -0.1) is 0 Å². The van der Waals surface area contributed by atoms with Gasteiger partial charge in [-0.05, 0) is 36.8 Å². The summed E-state index contributed by atoms with van der Waals surface area (Å²) in [6, 6.07) is 3.08. The number of anilines is 2. The fourth-order valence-corrected chi connectivity index (χ4v) is 2.19. The third kappa shape index (κ3) is 2.87. The van der Waals surface area contributed by atoms with Crippen molar-refractivity contribution in [2.45, 2.75) is 19.3 Å². The summed E-state index contributed by atoms with van der Waals surface area (Å²) < 4.78 is 18.9. The highest BCUT2D eigenvalue weighted by molar-refractivity contribution is 6.31. The molecule has 0 amide bonds. The first-order valence-corrected chi connectivity index (χ1v) is 6.42. The third-order valence-electron chi connectivity index (χ3n) is 3.56. The molecule has 3 N–H and O–H groups in total. The first kappa shape index (κ1) is 13.4. The quantitative estimate of drug-likeness (QED) is 0.781. The van der Waals surface area contributed by atoms with Gasteiger partial charge < -0.3 is 15.8 Å². The van der Waals surface area contributed by atoms with Crippen LogP contribution in [-0.2, 0) is 4.74 Å². The Labute approximate surface area is 111 Å².